The lowest BCUT2D eigenvalue weighted by molar-refractivity contribution is -0.181. The standard InChI is InChI=1S/C9H8ClF3O/c10-7(14)8-2-1-5(3-8)6(4-8)9(11,12)13/h1-2,5-6H,3-4H2. The molecule has 1 saturated carbocycles. The van der Waals surface area contributed by atoms with Crippen LogP contribution >= 0.6 is 11.6 Å². The number of hydrogen-bond donors (Lipinski definition) is 0. The Labute approximate surface area is 83.9 Å². The Bertz CT molecular complexity index is 310. The molecule has 1 fully saturated rings. The molecule has 0 aliphatic heterocycles. The van der Waals surface area contributed by atoms with Gasteiger partial charge in [-0.3, -0.25) is 4.79 Å². The maximum atomic E-state index is 12.5. The maximum Gasteiger partial charge on any atom is 0.392 e. The molecule has 0 heterocycles. The van der Waals surface area contributed by atoms with Crippen molar-refractivity contribution in [2.24, 2.45) is 17.3 Å². The molecule has 1 nitrogen and oxygen atoms in total. The van der Waals surface area contributed by atoms with Gasteiger partial charge in [-0.25, -0.2) is 0 Å². The van der Waals surface area contributed by atoms with Crippen LogP contribution in [0.5, 0.6) is 0 Å². The Morgan fingerprint density at radius 2 is 2.07 bits per heavy atom. The number of halogens is 4. The third-order valence-electron chi connectivity index (χ3n) is 3.18. The number of carbonyl (C=O) groups is 1. The van der Waals surface area contributed by atoms with E-state index >= 15 is 0 Å². The molecule has 78 valence electrons. The van der Waals surface area contributed by atoms with Crippen molar-refractivity contribution < 1.29 is 18.0 Å². The van der Waals surface area contributed by atoms with Crippen molar-refractivity contribution in [3.05, 3.63) is 12.2 Å². The minimum absolute atomic E-state index is 0.181. The third kappa shape index (κ3) is 1.28. The minimum atomic E-state index is -4.22. The summed E-state index contributed by atoms with van der Waals surface area (Å²) in [5.41, 5.74) is -1.04. The van der Waals surface area contributed by atoms with Gasteiger partial charge in [0, 0.05) is 0 Å². The molecule has 3 atom stereocenters. The van der Waals surface area contributed by atoms with Crippen LogP contribution in [0.4, 0.5) is 13.2 Å². The number of fused-ring (bicyclic) bond motifs is 2. The van der Waals surface area contributed by atoms with Crippen LogP contribution in [0.2, 0.25) is 0 Å². The lowest BCUT2D eigenvalue weighted by Gasteiger charge is -2.24. The van der Waals surface area contributed by atoms with Gasteiger partial charge < -0.3 is 0 Å². The second kappa shape index (κ2) is 2.75. The van der Waals surface area contributed by atoms with E-state index in [2.05, 4.69) is 0 Å². The number of rotatable bonds is 1. The van der Waals surface area contributed by atoms with E-state index in [-0.39, 0.29) is 12.8 Å². The fourth-order valence-electron chi connectivity index (χ4n) is 2.42. The van der Waals surface area contributed by atoms with Gasteiger partial charge in [-0.2, -0.15) is 13.2 Å². The van der Waals surface area contributed by atoms with Crippen molar-refractivity contribution in [2.45, 2.75) is 19.0 Å². The summed E-state index contributed by atoms with van der Waals surface area (Å²) in [5, 5.41) is -0.664. The van der Waals surface area contributed by atoms with E-state index in [4.69, 9.17) is 11.6 Å². The fraction of sp³-hybridized carbons (Fsp3) is 0.667. The number of carbonyl (C=O) groups excluding carboxylic acids is 1. The van der Waals surface area contributed by atoms with Gasteiger partial charge in [-0.15, -0.1) is 0 Å². The van der Waals surface area contributed by atoms with Crippen molar-refractivity contribution in [3.8, 4) is 0 Å². The summed E-state index contributed by atoms with van der Waals surface area (Å²) in [6.45, 7) is 0. The van der Waals surface area contributed by atoms with Crippen LogP contribution in [0.1, 0.15) is 12.8 Å². The van der Waals surface area contributed by atoms with Crippen molar-refractivity contribution >= 4 is 16.8 Å². The first-order chi connectivity index (χ1) is 6.35. The zero-order valence-corrected chi connectivity index (χ0v) is 7.90. The SMILES string of the molecule is O=C(Cl)C12C=CC(C1)C(C(F)(F)F)C2. The van der Waals surface area contributed by atoms with Gasteiger partial charge in [0.2, 0.25) is 5.24 Å². The highest BCUT2D eigenvalue weighted by Gasteiger charge is 2.59. The van der Waals surface area contributed by atoms with E-state index in [0.29, 0.717) is 0 Å². The molecule has 14 heavy (non-hydrogen) atoms. The first-order valence-electron chi connectivity index (χ1n) is 4.31. The molecule has 3 unspecified atom stereocenters. The average Bonchev–Trinajstić information content (AvgIpc) is 2.59. The van der Waals surface area contributed by atoms with E-state index in [1.54, 1.807) is 0 Å². The topological polar surface area (TPSA) is 17.1 Å². The third-order valence-corrected chi connectivity index (χ3v) is 3.55. The highest BCUT2D eigenvalue weighted by atomic mass is 35.5. The summed E-state index contributed by atoms with van der Waals surface area (Å²) >= 11 is 5.33. The van der Waals surface area contributed by atoms with Crippen LogP contribution < -0.4 is 0 Å². The predicted molar refractivity (Wildman–Crippen MR) is 44.7 cm³/mol. The van der Waals surface area contributed by atoms with Crippen LogP contribution in [0.3, 0.4) is 0 Å². The average molecular weight is 225 g/mol. The van der Waals surface area contributed by atoms with Crippen LogP contribution in [0.15, 0.2) is 12.2 Å². The van der Waals surface area contributed by atoms with Crippen molar-refractivity contribution in [3.63, 3.8) is 0 Å². The molecule has 0 amide bonds. The van der Waals surface area contributed by atoms with Crippen LogP contribution in [0, 0.1) is 17.3 Å². The van der Waals surface area contributed by atoms with Crippen molar-refractivity contribution in [1.82, 2.24) is 0 Å². The summed E-state index contributed by atoms with van der Waals surface area (Å²) in [6.07, 6.45) is -1.17. The van der Waals surface area contributed by atoms with Crippen LogP contribution in [-0.2, 0) is 4.79 Å². The Morgan fingerprint density at radius 1 is 1.43 bits per heavy atom. The van der Waals surface area contributed by atoms with E-state index in [0.717, 1.165) is 0 Å². The summed E-state index contributed by atoms with van der Waals surface area (Å²) in [4.78, 5) is 11.0. The lowest BCUT2D eigenvalue weighted by Crippen LogP contribution is -2.29. The fourth-order valence-corrected chi connectivity index (χ4v) is 2.64. The Balaban J connectivity index is 2.26. The second-order valence-corrected chi connectivity index (χ2v) is 4.35. The molecule has 2 rings (SSSR count). The molecule has 0 aromatic heterocycles. The normalized spacial score (nSPS) is 40.6. The Hall–Kier alpha value is -0.510. The zero-order chi connectivity index (χ0) is 10.6. The number of alkyl halides is 3. The number of allylic oxidation sites excluding steroid dienone is 2. The quantitative estimate of drug-likeness (QED) is 0.494. The van der Waals surface area contributed by atoms with Gasteiger partial charge >= 0.3 is 6.18 Å². The summed E-state index contributed by atoms with van der Waals surface area (Å²) in [6, 6.07) is 0. The number of hydrogen-bond acceptors (Lipinski definition) is 1. The lowest BCUT2D eigenvalue weighted by atomic mass is 9.85. The molecule has 2 aliphatic carbocycles. The zero-order valence-electron chi connectivity index (χ0n) is 7.14. The second-order valence-electron chi connectivity index (χ2n) is 4.01. The van der Waals surface area contributed by atoms with Crippen molar-refractivity contribution in [1.29, 1.82) is 0 Å². The Morgan fingerprint density at radius 3 is 2.43 bits per heavy atom. The molecule has 0 radical (unpaired) electrons. The molecule has 2 bridgehead atoms. The first kappa shape index (κ1) is 10.0. The minimum Gasteiger partial charge on any atom is -0.280 e. The molecule has 0 saturated heterocycles. The molecule has 0 spiro atoms. The predicted octanol–water partition coefficient (Wildman–Crippen LogP) is 2.90. The molecule has 0 aromatic rings. The molecular formula is C9H8ClF3O. The highest BCUT2D eigenvalue weighted by Crippen LogP contribution is 2.57. The monoisotopic (exact) mass is 224 g/mol. The highest BCUT2D eigenvalue weighted by molar-refractivity contribution is 6.65. The first-order valence-corrected chi connectivity index (χ1v) is 4.69. The summed E-state index contributed by atoms with van der Waals surface area (Å²) in [5.74, 6) is -1.95. The van der Waals surface area contributed by atoms with Gasteiger partial charge in [0.1, 0.15) is 0 Å². The molecular weight excluding hydrogens is 217 g/mol. The van der Waals surface area contributed by atoms with Crippen LogP contribution in [0.25, 0.3) is 0 Å². The van der Waals surface area contributed by atoms with Gasteiger partial charge in [-0.1, -0.05) is 12.2 Å². The molecule has 2 aliphatic rings. The van der Waals surface area contributed by atoms with Gasteiger partial charge in [0.05, 0.1) is 11.3 Å². The summed E-state index contributed by atoms with van der Waals surface area (Å²) in [7, 11) is 0. The van der Waals surface area contributed by atoms with Crippen LogP contribution in [-0.4, -0.2) is 11.4 Å². The van der Waals surface area contributed by atoms with Gasteiger partial charge in [-0.05, 0) is 30.4 Å². The Kier molecular flexibility index (Phi) is 1.97. The van der Waals surface area contributed by atoms with E-state index in [9.17, 15) is 18.0 Å². The van der Waals surface area contributed by atoms with Crippen molar-refractivity contribution in [2.75, 3.05) is 0 Å². The van der Waals surface area contributed by atoms with E-state index in [1.807, 2.05) is 0 Å². The molecule has 0 aromatic carbocycles. The smallest absolute Gasteiger partial charge is 0.280 e. The van der Waals surface area contributed by atoms with E-state index in [1.165, 1.54) is 12.2 Å². The van der Waals surface area contributed by atoms with E-state index < -0.39 is 28.7 Å². The summed E-state index contributed by atoms with van der Waals surface area (Å²) < 4.78 is 37.4. The van der Waals surface area contributed by atoms with Gasteiger partial charge in [0.25, 0.3) is 0 Å². The molecule has 5 heteroatoms. The molecule has 0 N–H and O–H groups in total. The largest absolute Gasteiger partial charge is 0.392 e. The maximum absolute atomic E-state index is 12.5. The van der Waals surface area contributed by atoms with Gasteiger partial charge in [0.15, 0.2) is 0 Å².